The van der Waals surface area contributed by atoms with E-state index >= 15 is 0 Å². The van der Waals surface area contributed by atoms with Gasteiger partial charge in [-0.2, -0.15) is 0 Å². The highest BCUT2D eigenvalue weighted by Gasteiger charge is 2.19. The number of aromatic nitrogens is 1. The molecular formula is C25H29N3O. The van der Waals surface area contributed by atoms with Gasteiger partial charge in [0.25, 0.3) is 5.91 Å². The standard InChI is InChI=1S/C25H29N3O/c1-19-9-11-21(12-10-19)23(15-18-28-16-5-2-6-17-28)27-25(29)24-14-13-20-7-3-4-8-22(20)26-24/h3-4,7-14,23H,2,5-6,15-18H2,1H3,(H,27,29). The highest BCUT2D eigenvalue weighted by Crippen LogP contribution is 2.21. The molecule has 0 spiro atoms. The fourth-order valence-corrected chi connectivity index (χ4v) is 4.04. The Kier molecular flexibility index (Phi) is 6.20. The summed E-state index contributed by atoms with van der Waals surface area (Å²) in [6, 6.07) is 20.1. The third-order valence-electron chi connectivity index (χ3n) is 5.80. The average Bonchev–Trinajstić information content (AvgIpc) is 2.77. The zero-order valence-corrected chi connectivity index (χ0v) is 17.1. The SMILES string of the molecule is Cc1ccc(C(CCN2CCCCC2)NC(=O)c2ccc3ccccc3n2)cc1. The molecule has 0 aliphatic carbocycles. The first-order valence-electron chi connectivity index (χ1n) is 10.6. The van der Waals surface area contributed by atoms with E-state index in [1.54, 1.807) is 0 Å². The fourth-order valence-electron chi connectivity index (χ4n) is 4.04. The van der Waals surface area contributed by atoms with Crippen LogP contribution in [0.4, 0.5) is 0 Å². The van der Waals surface area contributed by atoms with Crippen molar-refractivity contribution in [1.29, 1.82) is 0 Å². The van der Waals surface area contributed by atoms with Gasteiger partial charge in [0, 0.05) is 11.9 Å². The Bertz CT molecular complexity index is 961. The lowest BCUT2D eigenvalue weighted by Gasteiger charge is -2.28. The van der Waals surface area contributed by atoms with Crippen molar-refractivity contribution < 1.29 is 4.79 Å². The van der Waals surface area contributed by atoms with Crippen LogP contribution in [0.3, 0.4) is 0 Å². The second kappa shape index (κ2) is 9.19. The molecule has 1 aliphatic rings. The number of hydrogen-bond acceptors (Lipinski definition) is 3. The number of likely N-dealkylation sites (tertiary alicyclic amines) is 1. The van der Waals surface area contributed by atoms with E-state index in [1.165, 1.54) is 37.9 Å². The molecule has 1 N–H and O–H groups in total. The Morgan fingerprint density at radius 1 is 1.00 bits per heavy atom. The summed E-state index contributed by atoms with van der Waals surface area (Å²) in [6.45, 7) is 5.43. The number of benzene rings is 2. The van der Waals surface area contributed by atoms with Gasteiger partial charge in [-0.25, -0.2) is 4.98 Å². The average molecular weight is 388 g/mol. The van der Waals surface area contributed by atoms with Gasteiger partial charge >= 0.3 is 0 Å². The molecule has 3 aromatic rings. The first-order valence-corrected chi connectivity index (χ1v) is 10.6. The van der Waals surface area contributed by atoms with Crippen molar-refractivity contribution in [1.82, 2.24) is 15.2 Å². The molecule has 1 aromatic heterocycles. The van der Waals surface area contributed by atoms with Crippen molar-refractivity contribution in [2.75, 3.05) is 19.6 Å². The van der Waals surface area contributed by atoms with Gasteiger partial charge < -0.3 is 10.2 Å². The summed E-state index contributed by atoms with van der Waals surface area (Å²) >= 11 is 0. The van der Waals surface area contributed by atoms with E-state index in [1.807, 2.05) is 36.4 Å². The number of para-hydroxylation sites is 1. The Morgan fingerprint density at radius 2 is 1.76 bits per heavy atom. The molecule has 4 nitrogen and oxygen atoms in total. The van der Waals surface area contributed by atoms with Crippen molar-refractivity contribution >= 4 is 16.8 Å². The minimum Gasteiger partial charge on any atom is -0.344 e. The topological polar surface area (TPSA) is 45.2 Å². The number of hydrogen-bond donors (Lipinski definition) is 1. The molecule has 1 saturated heterocycles. The maximum absolute atomic E-state index is 13.0. The highest BCUT2D eigenvalue weighted by atomic mass is 16.1. The first-order chi connectivity index (χ1) is 14.2. The third-order valence-corrected chi connectivity index (χ3v) is 5.80. The van der Waals surface area contributed by atoms with Crippen molar-refractivity contribution in [2.45, 2.75) is 38.6 Å². The van der Waals surface area contributed by atoms with Crippen LogP contribution in [0.1, 0.15) is 53.3 Å². The van der Waals surface area contributed by atoms with Crippen LogP contribution in [0.15, 0.2) is 60.7 Å². The zero-order chi connectivity index (χ0) is 20.1. The van der Waals surface area contributed by atoms with Gasteiger partial charge in [0.15, 0.2) is 0 Å². The molecule has 0 bridgehead atoms. The Morgan fingerprint density at radius 3 is 2.55 bits per heavy atom. The second-order valence-corrected chi connectivity index (χ2v) is 8.02. The maximum atomic E-state index is 13.0. The van der Waals surface area contributed by atoms with Gasteiger partial charge in [-0.05, 0) is 57.0 Å². The minimum absolute atomic E-state index is 0.0155. The zero-order valence-electron chi connectivity index (χ0n) is 17.1. The van der Waals surface area contributed by atoms with E-state index in [2.05, 4.69) is 46.4 Å². The molecule has 1 atom stereocenters. The van der Waals surface area contributed by atoms with E-state index in [0.717, 1.165) is 29.4 Å². The van der Waals surface area contributed by atoms with Gasteiger partial charge in [0.2, 0.25) is 0 Å². The molecule has 4 heteroatoms. The normalized spacial score (nSPS) is 15.9. The number of nitrogens with zero attached hydrogens (tertiary/aromatic N) is 2. The van der Waals surface area contributed by atoms with Crippen molar-refractivity contribution in [3.63, 3.8) is 0 Å². The van der Waals surface area contributed by atoms with Crippen LogP contribution in [0.5, 0.6) is 0 Å². The highest BCUT2D eigenvalue weighted by molar-refractivity contribution is 5.95. The van der Waals surface area contributed by atoms with Crippen molar-refractivity contribution in [2.24, 2.45) is 0 Å². The van der Waals surface area contributed by atoms with Crippen LogP contribution in [0, 0.1) is 6.92 Å². The van der Waals surface area contributed by atoms with E-state index in [-0.39, 0.29) is 11.9 Å². The predicted molar refractivity (Wildman–Crippen MR) is 118 cm³/mol. The second-order valence-electron chi connectivity index (χ2n) is 8.02. The summed E-state index contributed by atoms with van der Waals surface area (Å²) in [7, 11) is 0. The van der Waals surface area contributed by atoms with Crippen LogP contribution >= 0.6 is 0 Å². The number of carbonyl (C=O) groups excluding carboxylic acids is 1. The lowest BCUT2D eigenvalue weighted by atomic mass is 10.0. The van der Waals surface area contributed by atoms with E-state index in [9.17, 15) is 4.79 Å². The summed E-state index contributed by atoms with van der Waals surface area (Å²) in [4.78, 5) is 20.1. The molecule has 0 radical (unpaired) electrons. The van der Waals surface area contributed by atoms with E-state index in [4.69, 9.17) is 0 Å². The minimum atomic E-state index is -0.111. The number of amides is 1. The van der Waals surface area contributed by atoms with Crippen LogP contribution in [0.25, 0.3) is 10.9 Å². The van der Waals surface area contributed by atoms with Gasteiger partial charge in [0.1, 0.15) is 5.69 Å². The molecule has 1 aliphatic heterocycles. The van der Waals surface area contributed by atoms with Gasteiger partial charge in [-0.1, -0.05) is 60.5 Å². The number of piperidine rings is 1. The molecular weight excluding hydrogens is 358 g/mol. The van der Waals surface area contributed by atoms with Crippen LogP contribution < -0.4 is 5.32 Å². The molecule has 0 saturated carbocycles. The largest absolute Gasteiger partial charge is 0.344 e. The summed E-state index contributed by atoms with van der Waals surface area (Å²) in [5.74, 6) is -0.111. The number of carbonyl (C=O) groups is 1. The van der Waals surface area contributed by atoms with Crippen LogP contribution in [0.2, 0.25) is 0 Å². The molecule has 4 rings (SSSR count). The van der Waals surface area contributed by atoms with Crippen molar-refractivity contribution in [3.05, 3.63) is 77.5 Å². The summed E-state index contributed by atoms with van der Waals surface area (Å²) in [6.07, 6.45) is 4.80. The quantitative estimate of drug-likeness (QED) is 0.655. The van der Waals surface area contributed by atoms with Gasteiger partial charge in [-0.3, -0.25) is 4.79 Å². The Labute approximate surface area is 173 Å². The molecule has 2 heterocycles. The van der Waals surface area contributed by atoms with Gasteiger partial charge in [0.05, 0.1) is 11.6 Å². The Hall–Kier alpha value is -2.72. The lowest BCUT2D eigenvalue weighted by Crippen LogP contribution is -2.35. The third kappa shape index (κ3) is 5.01. The fraction of sp³-hybridized carbons (Fsp3) is 0.360. The van der Waals surface area contributed by atoms with Crippen molar-refractivity contribution in [3.8, 4) is 0 Å². The molecule has 1 unspecified atom stereocenters. The van der Waals surface area contributed by atoms with Crippen LogP contribution in [-0.4, -0.2) is 35.4 Å². The molecule has 1 fully saturated rings. The van der Waals surface area contributed by atoms with E-state index < -0.39 is 0 Å². The molecule has 2 aromatic carbocycles. The predicted octanol–water partition coefficient (Wildman–Crippen LogP) is 4.89. The molecule has 1 amide bonds. The summed E-state index contributed by atoms with van der Waals surface area (Å²) < 4.78 is 0. The number of nitrogens with one attached hydrogen (secondary N) is 1. The van der Waals surface area contributed by atoms with Gasteiger partial charge in [-0.15, -0.1) is 0 Å². The molecule has 150 valence electrons. The lowest BCUT2D eigenvalue weighted by molar-refractivity contribution is 0.0925. The van der Waals surface area contributed by atoms with Crippen LogP contribution in [-0.2, 0) is 0 Å². The summed E-state index contributed by atoms with van der Waals surface area (Å²) in [5, 5.41) is 4.29. The smallest absolute Gasteiger partial charge is 0.270 e. The number of fused-ring (bicyclic) bond motifs is 1. The maximum Gasteiger partial charge on any atom is 0.270 e. The molecule has 29 heavy (non-hydrogen) atoms. The monoisotopic (exact) mass is 387 g/mol. The number of rotatable bonds is 6. The Balaban J connectivity index is 1.51. The van der Waals surface area contributed by atoms with E-state index in [0.29, 0.717) is 5.69 Å². The number of pyridine rings is 1. The number of aryl methyl sites for hydroxylation is 1. The summed E-state index contributed by atoms with van der Waals surface area (Å²) in [5.41, 5.74) is 3.70. The first kappa shape index (κ1) is 19.6.